The maximum absolute atomic E-state index is 12.6. The van der Waals surface area contributed by atoms with E-state index >= 15 is 0 Å². The van der Waals surface area contributed by atoms with Crippen LogP contribution in [-0.2, 0) is 4.79 Å². The summed E-state index contributed by atoms with van der Waals surface area (Å²) in [5.74, 6) is 0.719. The molecule has 0 aliphatic carbocycles. The summed E-state index contributed by atoms with van der Waals surface area (Å²) in [5, 5.41) is 5.62. The van der Waals surface area contributed by atoms with Crippen LogP contribution in [-0.4, -0.2) is 49.1 Å². The molecule has 2 aromatic carbocycles. The minimum absolute atomic E-state index is 0.134. The van der Waals surface area contributed by atoms with E-state index in [0.717, 1.165) is 24.5 Å². The van der Waals surface area contributed by atoms with Crippen molar-refractivity contribution in [3.05, 3.63) is 48.5 Å². The van der Waals surface area contributed by atoms with E-state index in [0.29, 0.717) is 24.5 Å². The Balaban J connectivity index is 1.52. The molecule has 2 N–H and O–H groups in total. The first-order valence-electron chi connectivity index (χ1n) is 9.86. The lowest BCUT2D eigenvalue weighted by molar-refractivity contribution is -0.114. The van der Waals surface area contributed by atoms with Crippen molar-refractivity contribution in [1.82, 2.24) is 4.90 Å². The van der Waals surface area contributed by atoms with Gasteiger partial charge in [-0.1, -0.05) is 6.07 Å². The molecule has 154 valence electrons. The van der Waals surface area contributed by atoms with Crippen LogP contribution in [0.15, 0.2) is 48.5 Å². The minimum atomic E-state index is -0.145. The maximum Gasteiger partial charge on any atom is 0.321 e. The van der Waals surface area contributed by atoms with Crippen LogP contribution in [0.4, 0.5) is 21.9 Å². The molecule has 2 aromatic rings. The summed E-state index contributed by atoms with van der Waals surface area (Å²) in [5.41, 5.74) is 2.44. The van der Waals surface area contributed by atoms with E-state index < -0.39 is 0 Å². The number of hydrogen-bond donors (Lipinski definition) is 2. The van der Waals surface area contributed by atoms with Crippen molar-refractivity contribution in [3.63, 3.8) is 0 Å². The number of piperazine rings is 1. The molecule has 0 aromatic heterocycles. The first-order chi connectivity index (χ1) is 13.9. The average Bonchev–Trinajstić information content (AvgIpc) is 2.68. The van der Waals surface area contributed by atoms with Crippen molar-refractivity contribution in [2.45, 2.75) is 26.9 Å². The van der Waals surface area contributed by atoms with Crippen molar-refractivity contribution in [2.75, 3.05) is 41.7 Å². The Kier molecular flexibility index (Phi) is 6.59. The zero-order chi connectivity index (χ0) is 20.8. The molecule has 0 unspecified atom stereocenters. The van der Waals surface area contributed by atoms with Gasteiger partial charge in [-0.3, -0.25) is 4.79 Å². The van der Waals surface area contributed by atoms with Gasteiger partial charge in [0, 0.05) is 50.2 Å². The summed E-state index contributed by atoms with van der Waals surface area (Å²) >= 11 is 0. The van der Waals surface area contributed by atoms with E-state index in [1.165, 1.54) is 6.92 Å². The molecule has 7 nitrogen and oxygen atoms in total. The number of hydrogen-bond acceptors (Lipinski definition) is 4. The van der Waals surface area contributed by atoms with Crippen molar-refractivity contribution in [1.29, 1.82) is 0 Å². The number of carbonyl (C=O) groups excluding carboxylic acids is 2. The number of nitrogens with one attached hydrogen (secondary N) is 2. The maximum atomic E-state index is 12.6. The summed E-state index contributed by atoms with van der Waals surface area (Å²) < 4.78 is 5.69. The second-order valence-electron chi connectivity index (χ2n) is 7.33. The summed E-state index contributed by atoms with van der Waals surface area (Å²) in [6, 6.07) is 15.1. The van der Waals surface area contributed by atoms with Crippen LogP contribution in [0.25, 0.3) is 0 Å². The van der Waals surface area contributed by atoms with Gasteiger partial charge in [0.2, 0.25) is 5.91 Å². The number of nitrogens with zero attached hydrogens (tertiary/aromatic N) is 2. The Labute approximate surface area is 171 Å². The molecule has 0 radical (unpaired) electrons. The van der Waals surface area contributed by atoms with Crippen LogP contribution < -0.4 is 20.3 Å². The van der Waals surface area contributed by atoms with Crippen LogP contribution >= 0.6 is 0 Å². The van der Waals surface area contributed by atoms with E-state index in [2.05, 4.69) is 27.7 Å². The zero-order valence-electron chi connectivity index (χ0n) is 17.1. The van der Waals surface area contributed by atoms with Crippen molar-refractivity contribution >= 4 is 29.0 Å². The predicted molar refractivity (Wildman–Crippen MR) is 116 cm³/mol. The van der Waals surface area contributed by atoms with E-state index in [1.54, 1.807) is 29.2 Å². The average molecular weight is 396 g/mol. The van der Waals surface area contributed by atoms with Crippen molar-refractivity contribution in [2.24, 2.45) is 0 Å². The lowest BCUT2D eigenvalue weighted by Crippen LogP contribution is -2.50. The summed E-state index contributed by atoms with van der Waals surface area (Å²) in [4.78, 5) is 27.8. The number of benzene rings is 2. The third-order valence-corrected chi connectivity index (χ3v) is 4.57. The smallest absolute Gasteiger partial charge is 0.321 e. The number of anilines is 3. The molecular weight excluding hydrogens is 368 g/mol. The second-order valence-corrected chi connectivity index (χ2v) is 7.33. The van der Waals surface area contributed by atoms with Gasteiger partial charge in [0.05, 0.1) is 6.10 Å². The highest BCUT2D eigenvalue weighted by Crippen LogP contribution is 2.22. The zero-order valence-corrected chi connectivity index (χ0v) is 17.1. The van der Waals surface area contributed by atoms with E-state index in [9.17, 15) is 9.59 Å². The van der Waals surface area contributed by atoms with Gasteiger partial charge >= 0.3 is 6.03 Å². The van der Waals surface area contributed by atoms with Gasteiger partial charge < -0.3 is 25.2 Å². The number of rotatable bonds is 5. The van der Waals surface area contributed by atoms with Crippen LogP contribution in [0.3, 0.4) is 0 Å². The fourth-order valence-corrected chi connectivity index (χ4v) is 3.26. The Hall–Kier alpha value is -3.22. The fraction of sp³-hybridized carbons (Fsp3) is 0.364. The molecule has 1 fully saturated rings. The van der Waals surface area contributed by atoms with Crippen LogP contribution in [0.5, 0.6) is 5.75 Å². The van der Waals surface area contributed by atoms with Gasteiger partial charge in [0.1, 0.15) is 5.75 Å². The lowest BCUT2D eigenvalue weighted by Gasteiger charge is -2.36. The first kappa shape index (κ1) is 20.5. The molecule has 7 heteroatoms. The Morgan fingerprint density at radius 2 is 1.55 bits per heavy atom. The minimum Gasteiger partial charge on any atom is -0.491 e. The second kappa shape index (κ2) is 9.32. The molecule has 0 atom stereocenters. The normalized spacial score (nSPS) is 13.9. The van der Waals surface area contributed by atoms with Gasteiger partial charge in [-0.2, -0.15) is 0 Å². The van der Waals surface area contributed by atoms with E-state index in [4.69, 9.17) is 4.74 Å². The van der Waals surface area contributed by atoms with Crippen molar-refractivity contribution < 1.29 is 14.3 Å². The number of urea groups is 1. The van der Waals surface area contributed by atoms with Crippen LogP contribution in [0, 0.1) is 0 Å². The van der Waals surface area contributed by atoms with Gasteiger partial charge in [-0.15, -0.1) is 0 Å². The van der Waals surface area contributed by atoms with Gasteiger partial charge in [-0.25, -0.2) is 4.79 Å². The highest BCUT2D eigenvalue weighted by molar-refractivity contribution is 5.92. The molecule has 0 bridgehead atoms. The van der Waals surface area contributed by atoms with Crippen molar-refractivity contribution in [3.8, 4) is 5.75 Å². The largest absolute Gasteiger partial charge is 0.491 e. The Bertz CT molecular complexity index is 843. The Morgan fingerprint density at radius 3 is 2.14 bits per heavy atom. The van der Waals surface area contributed by atoms with Gasteiger partial charge in [0.25, 0.3) is 0 Å². The first-order valence-corrected chi connectivity index (χ1v) is 9.86. The standard InChI is InChI=1S/C22H28N4O3/c1-16(2)29-21-9-7-20(8-10-21)25-11-13-26(14-12-25)22(28)24-19-6-4-5-18(15-19)23-17(3)27/h4-10,15-16H,11-14H2,1-3H3,(H,23,27)(H,24,28). The molecule has 1 aliphatic rings. The predicted octanol–water partition coefficient (Wildman–Crippen LogP) is 3.79. The molecule has 3 rings (SSSR count). The van der Waals surface area contributed by atoms with Crippen LogP contribution in [0.2, 0.25) is 0 Å². The van der Waals surface area contributed by atoms with E-state index in [-0.39, 0.29) is 18.0 Å². The molecular formula is C22H28N4O3. The lowest BCUT2D eigenvalue weighted by atomic mass is 10.2. The number of amides is 3. The van der Waals surface area contributed by atoms with Crippen LogP contribution in [0.1, 0.15) is 20.8 Å². The van der Waals surface area contributed by atoms with Gasteiger partial charge in [-0.05, 0) is 56.3 Å². The fourth-order valence-electron chi connectivity index (χ4n) is 3.26. The number of ether oxygens (including phenoxy) is 1. The molecule has 0 spiro atoms. The number of carbonyl (C=O) groups is 2. The monoisotopic (exact) mass is 396 g/mol. The van der Waals surface area contributed by atoms with E-state index in [1.807, 2.05) is 26.0 Å². The molecule has 3 amide bonds. The molecule has 1 aliphatic heterocycles. The summed E-state index contributed by atoms with van der Waals surface area (Å²) in [6.45, 7) is 8.29. The summed E-state index contributed by atoms with van der Waals surface area (Å²) in [6.07, 6.45) is 0.154. The SMILES string of the molecule is CC(=O)Nc1cccc(NC(=O)N2CCN(c3ccc(OC(C)C)cc3)CC2)c1. The molecule has 1 heterocycles. The highest BCUT2D eigenvalue weighted by atomic mass is 16.5. The molecule has 29 heavy (non-hydrogen) atoms. The molecule has 1 saturated heterocycles. The topological polar surface area (TPSA) is 73.9 Å². The third kappa shape index (κ3) is 5.88. The quantitative estimate of drug-likeness (QED) is 0.807. The Morgan fingerprint density at radius 1 is 0.931 bits per heavy atom. The molecule has 0 saturated carbocycles. The van der Waals surface area contributed by atoms with Gasteiger partial charge in [0.15, 0.2) is 0 Å². The highest BCUT2D eigenvalue weighted by Gasteiger charge is 2.21. The summed E-state index contributed by atoms with van der Waals surface area (Å²) in [7, 11) is 0. The third-order valence-electron chi connectivity index (χ3n) is 4.57.